The van der Waals surface area contributed by atoms with E-state index in [-0.39, 0.29) is 17.5 Å². The summed E-state index contributed by atoms with van der Waals surface area (Å²) in [6, 6.07) is -0.0863. The summed E-state index contributed by atoms with van der Waals surface area (Å²) >= 11 is 0. The summed E-state index contributed by atoms with van der Waals surface area (Å²) in [6.07, 6.45) is 2.94. The first-order chi connectivity index (χ1) is 9.36. The minimum atomic E-state index is -3.55. The van der Waals surface area contributed by atoms with Crippen LogP contribution in [0, 0.1) is 6.92 Å². The highest BCUT2D eigenvalue weighted by atomic mass is 32.2. The molecule has 0 unspecified atom stereocenters. The average Bonchev–Trinajstić information content (AvgIpc) is 2.75. The standard InChI is InChI=1S/C13H26N4O2S/c1-5-6-7-8-17(10(2)3)20(18,19)13-11(4)15-16-12(13)9-14/h10H,5-9,14H2,1-4H3,(H,15,16). The highest BCUT2D eigenvalue weighted by Crippen LogP contribution is 2.24. The Morgan fingerprint density at radius 2 is 2.00 bits per heavy atom. The topological polar surface area (TPSA) is 92.1 Å². The zero-order chi connectivity index (χ0) is 15.3. The molecule has 3 N–H and O–H groups in total. The smallest absolute Gasteiger partial charge is 0.247 e. The van der Waals surface area contributed by atoms with Gasteiger partial charge in [0.1, 0.15) is 4.90 Å². The molecule has 0 radical (unpaired) electrons. The molecule has 0 aliphatic heterocycles. The fourth-order valence-corrected chi connectivity index (χ4v) is 4.26. The Kier molecular flexibility index (Phi) is 6.16. The van der Waals surface area contributed by atoms with Crippen molar-refractivity contribution in [3.63, 3.8) is 0 Å². The number of hydrogen-bond donors (Lipinski definition) is 2. The largest absolute Gasteiger partial charge is 0.325 e. The molecule has 20 heavy (non-hydrogen) atoms. The maximum atomic E-state index is 12.8. The maximum Gasteiger partial charge on any atom is 0.247 e. The van der Waals surface area contributed by atoms with Gasteiger partial charge in [0, 0.05) is 19.1 Å². The van der Waals surface area contributed by atoms with Gasteiger partial charge in [-0.05, 0) is 27.2 Å². The van der Waals surface area contributed by atoms with Crippen LogP contribution < -0.4 is 5.73 Å². The lowest BCUT2D eigenvalue weighted by molar-refractivity contribution is 0.345. The van der Waals surface area contributed by atoms with Gasteiger partial charge in [0.2, 0.25) is 10.0 Å². The van der Waals surface area contributed by atoms with Gasteiger partial charge in [-0.15, -0.1) is 0 Å². The molecule has 6 nitrogen and oxygen atoms in total. The van der Waals surface area contributed by atoms with Crippen LogP contribution in [0.3, 0.4) is 0 Å². The van der Waals surface area contributed by atoms with Crippen molar-refractivity contribution in [3.8, 4) is 0 Å². The van der Waals surface area contributed by atoms with Crippen molar-refractivity contribution >= 4 is 10.0 Å². The van der Waals surface area contributed by atoms with E-state index in [1.165, 1.54) is 0 Å². The fourth-order valence-electron chi connectivity index (χ4n) is 2.24. The van der Waals surface area contributed by atoms with Crippen LogP contribution >= 0.6 is 0 Å². The molecule has 1 heterocycles. The first kappa shape index (κ1) is 17.1. The monoisotopic (exact) mass is 302 g/mol. The Bertz CT molecular complexity index is 522. The summed E-state index contributed by atoms with van der Waals surface area (Å²) in [4.78, 5) is 0.241. The number of H-pyrrole nitrogens is 1. The van der Waals surface area contributed by atoms with Gasteiger partial charge in [0.15, 0.2) is 0 Å². The van der Waals surface area contributed by atoms with E-state index in [4.69, 9.17) is 5.73 Å². The summed E-state index contributed by atoms with van der Waals surface area (Å²) in [5.41, 5.74) is 6.55. The number of aromatic amines is 1. The number of aryl methyl sites for hydroxylation is 1. The number of nitrogens with two attached hydrogens (primary N) is 1. The molecule has 0 spiro atoms. The predicted octanol–water partition coefficient (Wildman–Crippen LogP) is 1.77. The average molecular weight is 302 g/mol. The molecular weight excluding hydrogens is 276 g/mol. The van der Waals surface area contributed by atoms with E-state index >= 15 is 0 Å². The van der Waals surface area contributed by atoms with Crippen LogP contribution in [0.25, 0.3) is 0 Å². The molecule has 7 heteroatoms. The van der Waals surface area contributed by atoms with Crippen LogP contribution in [0.4, 0.5) is 0 Å². The molecule has 0 fully saturated rings. The minimum Gasteiger partial charge on any atom is -0.325 e. The molecule has 1 aromatic rings. The molecule has 0 aliphatic carbocycles. The van der Waals surface area contributed by atoms with Crippen LogP contribution in [-0.4, -0.2) is 35.5 Å². The van der Waals surface area contributed by atoms with Crippen molar-refractivity contribution in [1.82, 2.24) is 14.5 Å². The van der Waals surface area contributed by atoms with Crippen LogP contribution in [-0.2, 0) is 16.6 Å². The van der Waals surface area contributed by atoms with Crippen LogP contribution in [0.2, 0.25) is 0 Å². The third-order valence-electron chi connectivity index (χ3n) is 3.28. The number of aromatic nitrogens is 2. The lowest BCUT2D eigenvalue weighted by atomic mass is 10.2. The van der Waals surface area contributed by atoms with E-state index in [0.29, 0.717) is 17.9 Å². The van der Waals surface area contributed by atoms with E-state index in [2.05, 4.69) is 17.1 Å². The Hall–Kier alpha value is -0.920. The van der Waals surface area contributed by atoms with Gasteiger partial charge >= 0.3 is 0 Å². The van der Waals surface area contributed by atoms with Crippen molar-refractivity contribution < 1.29 is 8.42 Å². The van der Waals surface area contributed by atoms with Crippen LogP contribution in [0.1, 0.15) is 51.4 Å². The maximum absolute atomic E-state index is 12.8. The molecular formula is C13H26N4O2S. The van der Waals surface area contributed by atoms with Crippen molar-refractivity contribution in [3.05, 3.63) is 11.4 Å². The Labute approximate surface area is 121 Å². The molecule has 0 saturated carbocycles. The second-order valence-electron chi connectivity index (χ2n) is 5.25. The van der Waals surface area contributed by atoms with E-state index in [1.807, 2.05) is 13.8 Å². The lowest BCUT2D eigenvalue weighted by Crippen LogP contribution is -2.38. The van der Waals surface area contributed by atoms with Crippen LogP contribution in [0.5, 0.6) is 0 Å². The Balaban J connectivity index is 3.13. The van der Waals surface area contributed by atoms with Gasteiger partial charge in [-0.3, -0.25) is 5.10 Å². The summed E-state index contributed by atoms with van der Waals surface area (Å²) in [6.45, 7) is 8.23. The molecule has 116 valence electrons. The molecule has 0 bridgehead atoms. The lowest BCUT2D eigenvalue weighted by Gasteiger charge is -2.26. The first-order valence-electron chi connectivity index (χ1n) is 7.12. The second-order valence-corrected chi connectivity index (χ2v) is 7.07. The van der Waals surface area contributed by atoms with E-state index in [1.54, 1.807) is 11.2 Å². The summed E-state index contributed by atoms with van der Waals surface area (Å²) < 4.78 is 27.2. The Morgan fingerprint density at radius 3 is 2.50 bits per heavy atom. The summed E-state index contributed by atoms with van der Waals surface area (Å²) in [5.74, 6) is 0. The van der Waals surface area contributed by atoms with E-state index in [9.17, 15) is 8.42 Å². The number of nitrogens with zero attached hydrogens (tertiary/aromatic N) is 2. The normalized spacial score (nSPS) is 12.6. The highest BCUT2D eigenvalue weighted by molar-refractivity contribution is 7.89. The zero-order valence-corrected chi connectivity index (χ0v) is 13.6. The zero-order valence-electron chi connectivity index (χ0n) is 12.8. The van der Waals surface area contributed by atoms with E-state index < -0.39 is 10.0 Å². The Morgan fingerprint density at radius 1 is 1.35 bits per heavy atom. The van der Waals surface area contributed by atoms with Crippen molar-refractivity contribution in [2.24, 2.45) is 5.73 Å². The third-order valence-corrected chi connectivity index (χ3v) is 5.56. The molecule has 0 atom stereocenters. The highest BCUT2D eigenvalue weighted by Gasteiger charge is 2.31. The first-order valence-corrected chi connectivity index (χ1v) is 8.56. The molecule has 0 saturated heterocycles. The van der Waals surface area contributed by atoms with Gasteiger partial charge in [-0.25, -0.2) is 8.42 Å². The molecule has 1 rings (SSSR count). The van der Waals surface area contributed by atoms with Crippen molar-refractivity contribution in [2.45, 2.75) is 64.4 Å². The third kappa shape index (κ3) is 3.59. The predicted molar refractivity (Wildman–Crippen MR) is 79.8 cm³/mol. The number of nitrogens with one attached hydrogen (secondary N) is 1. The number of unbranched alkanes of at least 4 members (excludes halogenated alkanes) is 2. The molecule has 1 aromatic heterocycles. The van der Waals surface area contributed by atoms with Crippen LogP contribution in [0.15, 0.2) is 4.90 Å². The summed E-state index contributed by atoms with van der Waals surface area (Å²) in [7, 11) is -3.55. The molecule has 0 aromatic carbocycles. The molecule has 0 aliphatic rings. The van der Waals surface area contributed by atoms with Gasteiger partial charge in [0.25, 0.3) is 0 Å². The fraction of sp³-hybridized carbons (Fsp3) is 0.769. The minimum absolute atomic E-state index is 0.0863. The van der Waals surface area contributed by atoms with Gasteiger partial charge in [-0.2, -0.15) is 9.40 Å². The molecule has 0 amide bonds. The van der Waals surface area contributed by atoms with Crippen molar-refractivity contribution in [2.75, 3.05) is 6.54 Å². The summed E-state index contributed by atoms with van der Waals surface area (Å²) in [5, 5.41) is 6.70. The number of hydrogen-bond acceptors (Lipinski definition) is 4. The SMILES string of the molecule is CCCCCN(C(C)C)S(=O)(=O)c1c(CN)n[nH]c1C. The number of rotatable bonds is 8. The number of sulfonamides is 1. The van der Waals surface area contributed by atoms with Gasteiger partial charge < -0.3 is 5.73 Å². The van der Waals surface area contributed by atoms with E-state index in [0.717, 1.165) is 19.3 Å². The van der Waals surface area contributed by atoms with Crippen molar-refractivity contribution in [1.29, 1.82) is 0 Å². The van der Waals surface area contributed by atoms with Gasteiger partial charge in [0.05, 0.1) is 11.4 Å². The van der Waals surface area contributed by atoms with Gasteiger partial charge in [-0.1, -0.05) is 19.8 Å². The quantitative estimate of drug-likeness (QED) is 0.716. The second kappa shape index (κ2) is 7.19.